The highest BCUT2D eigenvalue weighted by Gasteiger charge is 2.13. The van der Waals surface area contributed by atoms with Crippen LogP contribution in [-0.4, -0.2) is 13.2 Å². The summed E-state index contributed by atoms with van der Waals surface area (Å²) < 4.78 is 11.5. The molecule has 3 rings (SSSR count). The maximum atomic E-state index is 5.77. The van der Waals surface area contributed by atoms with E-state index in [4.69, 9.17) is 9.47 Å². The normalized spacial score (nSPS) is 15.0. The first-order valence-corrected chi connectivity index (χ1v) is 7.87. The van der Waals surface area contributed by atoms with Crippen molar-refractivity contribution in [2.75, 3.05) is 18.5 Å². The van der Waals surface area contributed by atoms with Gasteiger partial charge >= 0.3 is 0 Å². The molecule has 1 N–H and O–H groups in total. The fourth-order valence-electron chi connectivity index (χ4n) is 2.61. The zero-order valence-electron chi connectivity index (χ0n) is 13.5. The van der Waals surface area contributed by atoms with Crippen LogP contribution in [0.3, 0.4) is 0 Å². The molecule has 2 aromatic carbocycles. The zero-order chi connectivity index (χ0) is 15.5. The highest BCUT2D eigenvalue weighted by atomic mass is 16.5. The van der Waals surface area contributed by atoms with E-state index in [0.29, 0.717) is 0 Å². The molecule has 22 heavy (non-hydrogen) atoms. The molecule has 0 saturated carbocycles. The fraction of sp³-hybridized carbons (Fsp3) is 0.368. The smallest absolute Gasteiger partial charge is 0.161 e. The van der Waals surface area contributed by atoms with Gasteiger partial charge in [-0.25, -0.2) is 0 Å². The number of hydrogen-bond donors (Lipinski definition) is 1. The Bertz CT molecular complexity index is 666. The summed E-state index contributed by atoms with van der Waals surface area (Å²) in [6.45, 7) is 7.87. The Morgan fingerprint density at radius 2 is 1.68 bits per heavy atom. The number of benzene rings is 2. The second-order valence-electron chi connectivity index (χ2n) is 5.92. The molecule has 1 aliphatic heterocycles. The molecule has 0 aromatic heterocycles. The topological polar surface area (TPSA) is 30.5 Å². The Morgan fingerprint density at radius 1 is 0.909 bits per heavy atom. The van der Waals surface area contributed by atoms with Crippen molar-refractivity contribution in [1.29, 1.82) is 0 Å². The van der Waals surface area contributed by atoms with E-state index in [-0.39, 0.29) is 6.04 Å². The highest BCUT2D eigenvalue weighted by molar-refractivity contribution is 5.51. The van der Waals surface area contributed by atoms with E-state index in [1.165, 1.54) is 16.7 Å². The molecule has 1 aliphatic rings. The maximum absolute atomic E-state index is 5.77. The van der Waals surface area contributed by atoms with Crippen molar-refractivity contribution in [3.63, 3.8) is 0 Å². The average Bonchev–Trinajstić information content (AvgIpc) is 2.75. The second-order valence-corrected chi connectivity index (χ2v) is 5.92. The SMILES string of the molecule is Cc1ccc(NC(C)c2ccc3c(c2)OCCCO3)cc1C. The molecular weight excluding hydrogens is 274 g/mol. The summed E-state index contributed by atoms with van der Waals surface area (Å²) in [7, 11) is 0. The number of fused-ring (bicyclic) bond motifs is 1. The Morgan fingerprint density at radius 3 is 2.45 bits per heavy atom. The number of anilines is 1. The van der Waals surface area contributed by atoms with E-state index in [1.807, 2.05) is 6.07 Å². The van der Waals surface area contributed by atoms with E-state index in [9.17, 15) is 0 Å². The predicted octanol–water partition coefficient (Wildman–Crippen LogP) is 4.64. The molecule has 0 fully saturated rings. The van der Waals surface area contributed by atoms with Crippen molar-refractivity contribution in [3.8, 4) is 11.5 Å². The third kappa shape index (κ3) is 3.19. The number of rotatable bonds is 3. The predicted molar refractivity (Wildman–Crippen MR) is 90.0 cm³/mol. The number of nitrogens with one attached hydrogen (secondary N) is 1. The minimum Gasteiger partial charge on any atom is -0.490 e. The summed E-state index contributed by atoms with van der Waals surface area (Å²) in [5.74, 6) is 1.70. The summed E-state index contributed by atoms with van der Waals surface area (Å²) in [4.78, 5) is 0. The van der Waals surface area contributed by atoms with Gasteiger partial charge in [-0.1, -0.05) is 12.1 Å². The molecule has 3 heteroatoms. The largest absolute Gasteiger partial charge is 0.490 e. The van der Waals surface area contributed by atoms with Crippen molar-refractivity contribution >= 4 is 5.69 Å². The molecule has 0 saturated heterocycles. The fourth-order valence-corrected chi connectivity index (χ4v) is 2.61. The maximum Gasteiger partial charge on any atom is 0.161 e. The van der Waals surface area contributed by atoms with E-state index in [1.54, 1.807) is 0 Å². The van der Waals surface area contributed by atoms with Gasteiger partial charge < -0.3 is 14.8 Å². The Labute approximate surface area is 132 Å². The van der Waals surface area contributed by atoms with Crippen molar-refractivity contribution in [3.05, 3.63) is 53.1 Å². The van der Waals surface area contributed by atoms with Crippen LogP contribution in [0, 0.1) is 13.8 Å². The lowest BCUT2D eigenvalue weighted by atomic mass is 10.1. The summed E-state index contributed by atoms with van der Waals surface area (Å²) >= 11 is 0. The summed E-state index contributed by atoms with van der Waals surface area (Å²) in [5.41, 5.74) is 4.95. The molecular formula is C19H23NO2. The number of aryl methyl sites for hydroxylation is 2. The van der Waals surface area contributed by atoms with Gasteiger partial charge in [0.1, 0.15) is 0 Å². The zero-order valence-corrected chi connectivity index (χ0v) is 13.5. The van der Waals surface area contributed by atoms with E-state index in [2.05, 4.69) is 56.4 Å². The van der Waals surface area contributed by atoms with Crippen molar-refractivity contribution in [1.82, 2.24) is 0 Å². The Hall–Kier alpha value is -2.16. The van der Waals surface area contributed by atoms with E-state index in [0.717, 1.165) is 36.8 Å². The molecule has 0 spiro atoms. The third-order valence-electron chi connectivity index (χ3n) is 4.16. The van der Waals surface area contributed by atoms with Crippen LogP contribution in [0.25, 0.3) is 0 Å². The Balaban J connectivity index is 1.78. The molecule has 3 nitrogen and oxygen atoms in total. The first kappa shape index (κ1) is 14.8. The van der Waals surface area contributed by atoms with Gasteiger partial charge in [0.2, 0.25) is 0 Å². The van der Waals surface area contributed by atoms with Crippen LogP contribution < -0.4 is 14.8 Å². The molecule has 0 bridgehead atoms. The molecule has 2 aromatic rings. The quantitative estimate of drug-likeness (QED) is 0.895. The van der Waals surface area contributed by atoms with Gasteiger partial charge in [0.15, 0.2) is 11.5 Å². The van der Waals surface area contributed by atoms with Gasteiger partial charge in [-0.05, 0) is 61.7 Å². The van der Waals surface area contributed by atoms with Gasteiger partial charge in [0.05, 0.1) is 13.2 Å². The van der Waals surface area contributed by atoms with Gasteiger partial charge in [-0.2, -0.15) is 0 Å². The summed E-state index contributed by atoms with van der Waals surface area (Å²) in [5, 5.41) is 3.55. The van der Waals surface area contributed by atoms with Crippen LogP contribution in [0.4, 0.5) is 5.69 Å². The lowest BCUT2D eigenvalue weighted by Crippen LogP contribution is -2.07. The standard InChI is InChI=1S/C19H23NO2/c1-13-5-7-17(11-14(13)2)20-15(3)16-6-8-18-19(12-16)22-10-4-9-21-18/h5-8,11-12,15,20H,4,9-10H2,1-3H3. The average molecular weight is 297 g/mol. The molecule has 0 amide bonds. The first-order chi connectivity index (χ1) is 10.6. The van der Waals surface area contributed by atoms with Crippen LogP contribution in [0.2, 0.25) is 0 Å². The minimum atomic E-state index is 0.208. The molecule has 0 radical (unpaired) electrons. The van der Waals surface area contributed by atoms with Gasteiger partial charge in [-0.15, -0.1) is 0 Å². The minimum absolute atomic E-state index is 0.208. The molecule has 1 heterocycles. The lowest BCUT2D eigenvalue weighted by Gasteiger charge is -2.18. The Kier molecular flexibility index (Phi) is 4.23. The van der Waals surface area contributed by atoms with Crippen molar-refractivity contribution in [2.24, 2.45) is 0 Å². The lowest BCUT2D eigenvalue weighted by molar-refractivity contribution is 0.297. The van der Waals surface area contributed by atoms with Crippen molar-refractivity contribution < 1.29 is 9.47 Å². The van der Waals surface area contributed by atoms with Gasteiger partial charge in [0, 0.05) is 18.2 Å². The number of ether oxygens (including phenoxy) is 2. The second kappa shape index (κ2) is 6.30. The van der Waals surface area contributed by atoms with Gasteiger partial charge in [0.25, 0.3) is 0 Å². The molecule has 0 aliphatic carbocycles. The van der Waals surface area contributed by atoms with Crippen LogP contribution in [-0.2, 0) is 0 Å². The molecule has 1 atom stereocenters. The van der Waals surface area contributed by atoms with Crippen molar-refractivity contribution in [2.45, 2.75) is 33.2 Å². The molecule has 1 unspecified atom stereocenters. The van der Waals surface area contributed by atoms with Crippen LogP contribution in [0.1, 0.15) is 36.1 Å². The number of hydrogen-bond acceptors (Lipinski definition) is 3. The first-order valence-electron chi connectivity index (χ1n) is 7.87. The molecule has 116 valence electrons. The van der Waals surface area contributed by atoms with Crippen LogP contribution >= 0.6 is 0 Å². The van der Waals surface area contributed by atoms with E-state index < -0.39 is 0 Å². The van der Waals surface area contributed by atoms with Crippen LogP contribution in [0.5, 0.6) is 11.5 Å². The third-order valence-corrected chi connectivity index (χ3v) is 4.16. The summed E-state index contributed by atoms with van der Waals surface area (Å²) in [6, 6.07) is 12.9. The van der Waals surface area contributed by atoms with Gasteiger partial charge in [-0.3, -0.25) is 0 Å². The van der Waals surface area contributed by atoms with Crippen LogP contribution in [0.15, 0.2) is 36.4 Å². The highest BCUT2D eigenvalue weighted by Crippen LogP contribution is 2.33. The summed E-state index contributed by atoms with van der Waals surface area (Å²) in [6.07, 6.45) is 0.931. The van der Waals surface area contributed by atoms with E-state index >= 15 is 0 Å². The monoisotopic (exact) mass is 297 g/mol.